The van der Waals surface area contributed by atoms with Crippen LogP contribution >= 0.6 is 0 Å². The Hall–Kier alpha value is -0.130. The number of esters is 1. The molecular formula is C8H18BrNO3. The number of carbonyl (C=O) groups is 1. The average Bonchev–Trinajstić information content (AvgIpc) is 1.84. The van der Waals surface area contributed by atoms with Gasteiger partial charge in [-0.2, -0.15) is 4.65 Å². The fraction of sp³-hybridized carbons (Fsp3) is 0.875. The summed E-state index contributed by atoms with van der Waals surface area (Å²) in [7, 11) is 5.43. The van der Waals surface area contributed by atoms with Crippen LogP contribution in [-0.2, 0) is 14.4 Å². The van der Waals surface area contributed by atoms with Crippen molar-refractivity contribution in [3.63, 3.8) is 0 Å². The third-order valence-electron chi connectivity index (χ3n) is 1.56. The van der Waals surface area contributed by atoms with Gasteiger partial charge in [-0.05, 0) is 6.92 Å². The lowest BCUT2D eigenvalue weighted by molar-refractivity contribution is -1.07. The summed E-state index contributed by atoms with van der Waals surface area (Å²) < 4.78 is 5.34. The molecule has 0 spiro atoms. The summed E-state index contributed by atoms with van der Waals surface area (Å²) >= 11 is 0. The molecule has 0 rings (SSSR count). The lowest BCUT2D eigenvalue weighted by Crippen LogP contribution is -3.00. The summed E-state index contributed by atoms with van der Waals surface area (Å²) in [6.45, 7) is 3.90. The number of carbonyl (C=O) groups excluding carboxylic acids is 1. The first kappa shape index (κ1) is 15.3. The molecule has 0 aliphatic heterocycles. The van der Waals surface area contributed by atoms with Crippen molar-refractivity contribution in [2.24, 2.45) is 0 Å². The van der Waals surface area contributed by atoms with Gasteiger partial charge in [-0.25, -0.2) is 4.84 Å². The Balaban J connectivity index is 0. The topological polar surface area (TPSA) is 35.5 Å². The Morgan fingerprint density at radius 1 is 1.46 bits per heavy atom. The molecule has 0 N–H and O–H groups in total. The third-order valence-corrected chi connectivity index (χ3v) is 1.56. The number of hydroxylamine groups is 3. The quantitative estimate of drug-likeness (QED) is 0.319. The minimum Gasteiger partial charge on any atom is -1.00 e. The van der Waals surface area contributed by atoms with E-state index in [9.17, 15) is 4.79 Å². The van der Waals surface area contributed by atoms with E-state index in [0.717, 1.165) is 0 Å². The second kappa shape index (κ2) is 6.34. The maximum Gasteiger partial charge on any atom is 0.303 e. The van der Waals surface area contributed by atoms with Crippen LogP contribution in [0.3, 0.4) is 0 Å². The summed E-state index contributed by atoms with van der Waals surface area (Å²) in [6, 6.07) is 0. The summed E-state index contributed by atoms with van der Waals surface area (Å²) in [6.07, 6.45) is -0.113. The second-order valence-corrected chi connectivity index (χ2v) is 3.36. The van der Waals surface area contributed by atoms with Crippen molar-refractivity contribution in [1.82, 2.24) is 0 Å². The van der Waals surface area contributed by atoms with Gasteiger partial charge in [0.15, 0.2) is 6.10 Å². The van der Waals surface area contributed by atoms with Crippen LogP contribution in [-0.4, -0.2) is 44.5 Å². The van der Waals surface area contributed by atoms with Crippen molar-refractivity contribution in [2.45, 2.75) is 20.0 Å². The number of ether oxygens (including phenoxy) is 1. The third kappa shape index (κ3) is 8.21. The number of hydrogen-bond acceptors (Lipinski definition) is 3. The zero-order chi connectivity index (χ0) is 9.78. The summed E-state index contributed by atoms with van der Waals surface area (Å²) in [4.78, 5) is 15.7. The monoisotopic (exact) mass is 255 g/mol. The summed E-state index contributed by atoms with van der Waals surface area (Å²) in [5.41, 5.74) is 0. The van der Waals surface area contributed by atoms with Crippen LogP contribution in [0.1, 0.15) is 13.8 Å². The molecule has 5 heteroatoms. The lowest BCUT2D eigenvalue weighted by Gasteiger charge is -2.27. The van der Waals surface area contributed by atoms with Crippen LogP contribution in [0.2, 0.25) is 0 Å². The van der Waals surface area contributed by atoms with E-state index >= 15 is 0 Å². The highest BCUT2D eigenvalue weighted by molar-refractivity contribution is 5.66. The van der Waals surface area contributed by atoms with E-state index in [1.807, 2.05) is 21.0 Å². The molecule has 0 aromatic rings. The minimum absolute atomic E-state index is 0. The minimum atomic E-state index is -0.251. The van der Waals surface area contributed by atoms with E-state index in [0.29, 0.717) is 11.2 Å². The lowest BCUT2D eigenvalue weighted by atomic mass is 10.4. The highest BCUT2D eigenvalue weighted by Crippen LogP contribution is 2.02. The van der Waals surface area contributed by atoms with Gasteiger partial charge in [-0.3, -0.25) is 4.79 Å². The molecule has 0 aliphatic rings. The molecule has 0 fully saturated rings. The SMILES string of the molecule is CO[N+](C)(C)CC(C)OC(C)=O.[Br-]. The van der Waals surface area contributed by atoms with Crippen LogP contribution in [0.25, 0.3) is 0 Å². The number of halogens is 1. The van der Waals surface area contributed by atoms with E-state index in [2.05, 4.69) is 0 Å². The molecule has 0 heterocycles. The molecule has 0 radical (unpaired) electrons. The molecule has 0 saturated heterocycles. The number of likely N-dealkylation sites (N-methyl/N-ethyl adjacent to an activating group) is 1. The highest BCUT2D eigenvalue weighted by atomic mass is 79.9. The Morgan fingerprint density at radius 3 is 2.23 bits per heavy atom. The fourth-order valence-electron chi connectivity index (χ4n) is 1.01. The molecule has 0 bridgehead atoms. The van der Waals surface area contributed by atoms with Gasteiger partial charge in [-0.15, -0.1) is 0 Å². The number of rotatable bonds is 4. The molecular weight excluding hydrogens is 238 g/mol. The zero-order valence-corrected chi connectivity index (χ0v) is 10.4. The fourth-order valence-corrected chi connectivity index (χ4v) is 1.01. The first-order valence-electron chi connectivity index (χ1n) is 3.93. The van der Waals surface area contributed by atoms with E-state index < -0.39 is 0 Å². The molecule has 1 atom stereocenters. The van der Waals surface area contributed by atoms with E-state index in [-0.39, 0.29) is 29.1 Å². The number of quaternary nitrogens is 1. The standard InChI is InChI=1S/C8H18NO3.BrH/c1-7(12-8(2)10)6-9(3,4)11-5;/h7H,6H2,1-5H3;1H/q+1;/p-1. The van der Waals surface area contributed by atoms with E-state index in [1.165, 1.54) is 6.92 Å². The summed E-state index contributed by atoms with van der Waals surface area (Å²) in [5.74, 6) is -0.251. The zero-order valence-electron chi connectivity index (χ0n) is 8.83. The first-order valence-corrected chi connectivity index (χ1v) is 3.93. The second-order valence-electron chi connectivity index (χ2n) is 3.36. The summed E-state index contributed by atoms with van der Waals surface area (Å²) in [5, 5.41) is 0. The van der Waals surface area contributed by atoms with Crippen LogP contribution in [0.5, 0.6) is 0 Å². The molecule has 0 aliphatic carbocycles. The Labute approximate surface area is 90.1 Å². The van der Waals surface area contributed by atoms with Gasteiger partial charge in [0.1, 0.15) is 6.54 Å². The van der Waals surface area contributed by atoms with Crippen molar-refractivity contribution in [3.05, 3.63) is 0 Å². The van der Waals surface area contributed by atoms with Gasteiger partial charge in [0.25, 0.3) is 0 Å². The van der Waals surface area contributed by atoms with Crippen molar-refractivity contribution < 1.29 is 36.0 Å². The normalized spacial score (nSPS) is 13.0. The number of nitrogens with zero attached hydrogens (tertiary/aromatic N) is 1. The Morgan fingerprint density at radius 2 is 1.92 bits per heavy atom. The largest absolute Gasteiger partial charge is 1.00 e. The van der Waals surface area contributed by atoms with Gasteiger partial charge in [-0.1, -0.05) is 0 Å². The smallest absolute Gasteiger partial charge is 0.303 e. The molecule has 0 aromatic heterocycles. The molecule has 13 heavy (non-hydrogen) atoms. The van der Waals surface area contributed by atoms with Gasteiger partial charge >= 0.3 is 5.97 Å². The van der Waals surface area contributed by atoms with Gasteiger partial charge in [0.05, 0.1) is 21.2 Å². The Kier molecular flexibility index (Phi) is 7.49. The molecule has 0 saturated carbocycles. The van der Waals surface area contributed by atoms with Crippen LogP contribution in [0, 0.1) is 0 Å². The van der Waals surface area contributed by atoms with Gasteiger partial charge < -0.3 is 21.7 Å². The van der Waals surface area contributed by atoms with Crippen LogP contribution in [0.4, 0.5) is 0 Å². The predicted octanol–water partition coefficient (Wildman–Crippen LogP) is -2.42. The predicted molar refractivity (Wildman–Crippen MR) is 45.2 cm³/mol. The number of hydrogen-bond donors (Lipinski definition) is 0. The molecule has 4 nitrogen and oxygen atoms in total. The van der Waals surface area contributed by atoms with Crippen LogP contribution < -0.4 is 17.0 Å². The van der Waals surface area contributed by atoms with Crippen molar-refractivity contribution in [2.75, 3.05) is 27.7 Å². The molecule has 80 valence electrons. The first-order chi connectivity index (χ1) is 5.37. The van der Waals surface area contributed by atoms with Gasteiger partial charge in [0, 0.05) is 6.92 Å². The van der Waals surface area contributed by atoms with Gasteiger partial charge in [0.2, 0.25) is 0 Å². The molecule has 0 amide bonds. The van der Waals surface area contributed by atoms with Crippen molar-refractivity contribution in [3.8, 4) is 0 Å². The van der Waals surface area contributed by atoms with E-state index in [1.54, 1.807) is 7.11 Å². The van der Waals surface area contributed by atoms with Crippen LogP contribution in [0.15, 0.2) is 0 Å². The maximum atomic E-state index is 10.6. The van der Waals surface area contributed by atoms with Crippen molar-refractivity contribution in [1.29, 1.82) is 0 Å². The molecule has 1 unspecified atom stereocenters. The van der Waals surface area contributed by atoms with E-state index in [4.69, 9.17) is 9.57 Å². The Bertz CT molecular complexity index is 161. The average molecular weight is 256 g/mol. The maximum absolute atomic E-state index is 10.6. The van der Waals surface area contributed by atoms with Crippen molar-refractivity contribution >= 4 is 5.97 Å². The highest BCUT2D eigenvalue weighted by Gasteiger charge is 2.20. The molecule has 0 aromatic carbocycles.